The van der Waals surface area contributed by atoms with Gasteiger partial charge in [-0.25, -0.2) is 0 Å². The van der Waals surface area contributed by atoms with Gasteiger partial charge in [0.05, 0.1) is 0 Å². The van der Waals surface area contributed by atoms with Gasteiger partial charge >= 0.3 is 0 Å². The maximum atomic E-state index is 3.29. The van der Waals surface area contributed by atoms with Crippen molar-refractivity contribution in [3.63, 3.8) is 0 Å². The molecule has 2 heteroatoms. The Labute approximate surface area is 101 Å². The molecule has 0 heterocycles. The van der Waals surface area contributed by atoms with Crippen LogP contribution in [0.3, 0.4) is 0 Å². The Morgan fingerprint density at radius 1 is 0.733 bits per heavy atom. The second-order valence-corrected chi connectivity index (χ2v) is 5.16. The van der Waals surface area contributed by atoms with Crippen LogP contribution in [0.5, 0.6) is 0 Å². The average Bonchev–Trinajstić information content (AvgIpc) is 2.26. The van der Waals surface area contributed by atoms with Crippen molar-refractivity contribution in [3.8, 4) is 0 Å². The number of unbranched alkanes of at least 4 members (excludes halogenated alkanes) is 8. The van der Waals surface area contributed by atoms with Crippen molar-refractivity contribution in [3.05, 3.63) is 0 Å². The molecule has 0 unspecified atom stereocenters. The molecule has 0 aromatic heterocycles. The standard InChI is InChI=1S/C13H29NS/c1-3-5-6-7-8-9-10-11-12-13-15-14-4-2/h14H,3-13H2,1-2H3. The molecule has 1 N–H and O–H groups in total. The van der Waals surface area contributed by atoms with Crippen LogP contribution in [-0.2, 0) is 0 Å². The molecule has 0 atom stereocenters. The van der Waals surface area contributed by atoms with Gasteiger partial charge in [0.1, 0.15) is 0 Å². The predicted molar refractivity (Wildman–Crippen MR) is 73.4 cm³/mol. The number of rotatable bonds is 12. The Morgan fingerprint density at radius 3 is 1.80 bits per heavy atom. The SMILES string of the molecule is CCCCCCCCCCCSNCC. The van der Waals surface area contributed by atoms with Gasteiger partial charge in [-0.1, -0.05) is 77.2 Å². The van der Waals surface area contributed by atoms with E-state index in [4.69, 9.17) is 0 Å². The third-order valence-electron chi connectivity index (χ3n) is 2.60. The van der Waals surface area contributed by atoms with Crippen molar-refractivity contribution in [1.29, 1.82) is 0 Å². The van der Waals surface area contributed by atoms with E-state index in [0.717, 1.165) is 6.54 Å². The smallest absolute Gasteiger partial charge is 0.00786 e. The molecular formula is C13H29NS. The normalized spacial score (nSPS) is 10.8. The first-order valence-electron chi connectivity index (χ1n) is 6.76. The summed E-state index contributed by atoms with van der Waals surface area (Å²) >= 11 is 1.88. The summed E-state index contributed by atoms with van der Waals surface area (Å²) in [5, 5.41) is 0. The summed E-state index contributed by atoms with van der Waals surface area (Å²) in [6, 6.07) is 0. The van der Waals surface area contributed by atoms with Crippen molar-refractivity contribution in [2.45, 2.75) is 71.6 Å². The quantitative estimate of drug-likeness (QED) is 0.383. The van der Waals surface area contributed by atoms with Crippen molar-refractivity contribution >= 4 is 11.9 Å². The van der Waals surface area contributed by atoms with Gasteiger partial charge in [-0.15, -0.1) is 0 Å². The summed E-state index contributed by atoms with van der Waals surface area (Å²) in [4.78, 5) is 0. The van der Waals surface area contributed by atoms with Crippen LogP contribution in [0.2, 0.25) is 0 Å². The Balaban J connectivity index is 2.81. The molecule has 1 nitrogen and oxygen atoms in total. The monoisotopic (exact) mass is 231 g/mol. The lowest BCUT2D eigenvalue weighted by atomic mass is 10.1. The minimum atomic E-state index is 1.09. The van der Waals surface area contributed by atoms with Gasteiger partial charge < -0.3 is 0 Å². The minimum Gasteiger partial charge on any atom is -0.264 e. The molecule has 0 spiro atoms. The molecule has 0 aromatic carbocycles. The molecule has 0 radical (unpaired) electrons. The van der Waals surface area contributed by atoms with E-state index in [-0.39, 0.29) is 0 Å². The highest BCUT2D eigenvalue weighted by Crippen LogP contribution is 2.10. The van der Waals surface area contributed by atoms with E-state index < -0.39 is 0 Å². The van der Waals surface area contributed by atoms with Crippen LogP contribution in [0.15, 0.2) is 0 Å². The molecule has 0 rings (SSSR count). The number of nitrogens with one attached hydrogen (secondary N) is 1. The van der Waals surface area contributed by atoms with Gasteiger partial charge in [-0.2, -0.15) is 0 Å². The average molecular weight is 231 g/mol. The third-order valence-corrected chi connectivity index (χ3v) is 3.58. The lowest BCUT2D eigenvalue weighted by Crippen LogP contribution is -2.01. The molecule has 0 amide bonds. The van der Waals surface area contributed by atoms with Gasteiger partial charge in [0, 0.05) is 12.3 Å². The van der Waals surface area contributed by atoms with Crippen LogP contribution >= 0.6 is 11.9 Å². The van der Waals surface area contributed by atoms with E-state index in [1.807, 2.05) is 11.9 Å². The molecule has 0 saturated heterocycles. The second-order valence-electron chi connectivity index (χ2n) is 4.17. The van der Waals surface area contributed by atoms with Crippen LogP contribution in [-0.4, -0.2) is 12.3 Å². The molecule has 92 valence electrons. The largest absolute Gasteiger partial charge is 0.264 e. The molecule has 0 fully saturated rings. The van der Waals surface area contributed by atoms with E-state index in [1.165, 1.54) is 63.5 Å². The van der Waals surface area contributed by atoms with Gasteiger partial charge in [0.25, 0.3) is 0 Å². The van der Waals surface area contributed by atoms with E-state index in [9.17, 15) is 0 Å². The first-order chi connectivity index (χ1) is 7.41. The lowest BCUT2D eigenvalue weighted by Gasteiger charge is -2.02. The molecule has 0 bridgehead atoms. The molecule has 15 heavy (non-hydrogen) atoms. The Morgan fingerprint density at radius 2 is 1.27 bits per heavy atom. The summed E-state index contributed by atoms with van der Waals surface area (Å²) in [7, 11) is 0. The van der Waals surface area contributed by atoms with Crippen molar-refractivity contribution < 1.29 is 0 Å². The molecular weight excluding hydrogens is 202 g/mol. The fourth-order valence-corrected chi connectivity index (χ4v) is 2.36. The molecule has 0 aliphatic heterocycles. The summed E-state index contributed by atoms with van der Waals surface area (Å²) in [6.07, 6.45) is 12.9. The highest BCUT2D eigenvalue weighted by Gasteiger charge is 1.92. The number of hydrogen-bond acceptors (Lipinski definition) is 2. The fourth-order valence-electron chi connectivity index (χ4n) is 1.66. The van der Waals surface area contributed by atoms with Crippen LogP contribution in [0.4, 0.5) is 0 Å². The van der Waals surface area contributed by atoms with Crippen LogP contribution in [0.1, 0.15) is 71.6 Å². The van der Waals surface area contributed by atoms with Gasteiger partial charge in [-0.3, -0.25) is 4.72 Å². The highest BCUT2D eigenvalue weighted by atomic mass is 32.2. The minimum absolute atomic E-state index is 1.09. The Kier molecular flexibility index (Phi) is 14.6. The number of hydrogen-bond donors (Lipinski definition) is 1. The first kappa shape index (κ1) is 15.3. The van der Waals surface area contributed by atoms with Gasteiger partial charge in [-0.05, 0) is 6.42 Å². The predicted octanol–water partition coefficient (Wildman–Crippen LogP) is 4.77. The van der Waals surface area contributed by atoms with Gasteiger partial charge in [0.15, 0.2) is 0 Å². The zero-order valence-electron chi connectivity index (χ0n) is 10.7. The molecule has 0 aliphatic rings. The first-order valence-corrected chi connectivity index (χ1v) is 7.75. The van der Waals surface area contributed by atoms with E-state index >= 15 is 0 Å². The summed E-state index contributed by atoms with van der Waals surface area (Å²) in [6.45, 7) is 5.52. The highest BCUT2D eigenvalue weighted by molar-refractivity contribution is 7.97. The topological polar surface area (TPSA) is 12.0 Å². The van der Waals surface area contributed by atoms with Crippen LogP contribution in [0.25, 0.3) is 0 Å². The molecule has 0 aromatic rings. The molecule has 0 saturated carbocycles. The summed E-state index contributed by atoms with van der Waals surface area (Å²) in [5.41, 5.74) is 0. The fraction of sp³-hybridized carbons (Fsp3) is 1.00. The Hall–Kier alpha value is 0.310. The maximum absolute atomic E-state index is 3.29. The second kappa shape index (κ2) is 14.3. The third kappa shape index (κ3) is 14.3. The van der Waals surface area contributed by atoms with E-state index in [0.29, 0.717) is 0 Å². The zero-order valence-corrected chi connectivity index (χ0v) is 11.5. The summed E-state index contributed by atoms with van der Waals surface area (Å²) in [5.74, 6) is 1.28. The van der Waals surface area contributed by atoms with Crippen molar-refractivity contribution in [2.24, 2.45) is 0 Å². The zero-order chi connectivity index (χ0) is 11.2. The lowest BCUT2D eigenvalue weighted by molar-refractivity contribution is 0.573. The Bertz CT molecular complexity index is 94.7. The van der Waals surface area contributed by atoms with E-state index in [1.54, 1.807) is 0 Å². The van der Waals surface area contributed by atoms with Gasteiger partial charge in [0.2, 0.25) is 0 Å². The maximum Gasteiger partial charge on any atom is 0.00786 e. The van der Waals surface area contributed by atoms with Crippen LogP contribution in [0, 0.1) is 0 Å². The van der Waals surface area contributed by atoms with E-state index in [2.05, 4.69) is 18.6 Å². The van der Waals surface area contributed by atoms with Crippen molar-refractivity contribution in [2.75, 3.05) is 12.3 Å². The molecule has 0 aliphatic carbocycles. The summed E-state index contributed by atoms with van der Waals surface area (Å²) < 4.78 is 3.29. The van der Waals surface area contributed by atoms with Crippen molar-refractivity contribution in [1.82, 2.24) is 4.72 Å². The van der Waals surface area contributed by atoms with Crippen LogP contribution < -0.4 is 4.72 Å².